The lowest BCUT2D eigenvalue weighted by atomic mass is 10.0. The highest BCUT2D eigenvalue weighted by Gasteiger charge is 2.38. The summed E-state index contributed by atoms with van der Waals surface area (Å²) >= 11 is 0. The molecule has 0 aliphatic heterocycles. The van der Waals surface area contributed by atoms with E-state index in [2.05, 4.69) is 20.8 Å². The number of ether oxygens (including phenoxy) is 1. The largest absolute Gasteiger partial charge is 0.544 e. The molecule has 0 saturated heterocycles. The minimum Gasteiger partial charge on any atom is -0.544 e. The van der Waals surface area contributed by atoms with Gasteiger partial charge in [0.25, 0.3) is 0 Å². The Labute approximate surface area is 235 Å². The number of carbonyl (C=O) groups is 1. The van der Waals surface area contributed by atoms with Crippen LogP contribution in [0.2, 0.25) is 18.1 Å². The number of phenolic OH excluding ortho intramolecular Hbond substituents is 1. The number of methoxy groups -OCH3 is 1. The molecule has 38 heavy (non-hydrogen) atoms. The van der Waals surface area contributed by atoms with Gasteiger partial charge >= 0.3 is 0 Å². The maximum absolute atomic E-state index is 13.2. The Bertz CT molecular complexity index is 1360. The smallest absolute Gasteiger partial charge is 0.250 e. The Hall–Kier alpha value is -3.09. The third kappa shape index (κ3) is 8.20. The van der Waals surface area contributed by atoms with Crippen molar-refractivity contribution in [1.29, 1.82) is 0 Å². The molecule has 0 bridgehead atoms. The fraction of sp³-hybridized carbons (Fsp3) is 0.406. The SMILES string of the molecule is [2H]c1c([2H])c(O[Si](C)(C)C(C)(C)C)c([2H])c([2H])c1CCC(C)N(CC(=O)c1ccc(O)cc1)Cc1ccc(OC)cc1. The second-order valence-electron chi connectivity index (χ2n) is 11.3. The molecule has 0 amide bonds. The Morgan fingerprint density at radius 2 is 1.58 bits per heavy atom. The van der Waals surface area contributed by atoms with Gasteiger partial charge in [0.1, 0.15) is 17.2 Å². The van der Waals surface area contributed by atoms with Crippen LogP contribution in [0.3, 0.4) is 0 Å². The molecule has 1 unspecified atom stereocenters. The van der Waals surface area contributed by atoms with Crippen LogP contribution < -0.4 is 9.16 Å². The van der Waals surface area contributed by atoms with Gasteiger partial charge in [0.05, 0.1) is 19.1 Å². The molecule has 1 N–H and O–H groups in total. The third-order valence-electron chi connectivity index (χ3n) is 7.33. The van der Waals surface area contributed by atoms with E-state index in [-0.39, 0.29) is 59.1 Å². The number of ketones is 1. The molecular weight excluding hydrogens is 490 g/mol. The van der Waals surface area contributed by atoms with Gasteiger partial charge < -0.3 is 14.3 Å². The zero-order valence-electron chi connectivity index (χ0n) is 27.6. The van der Waals surface area contributed by atoms with E-state index in [1.54, 1.807) is 19.2 Å². The second-order valence-corrected chi connectivity index (χ2v) is 16.0. The first-order valence-electron chi connectivity index (χ1n) is 15.0. The number of benzene rings is 3. The van der Waals surface area contributed by atoms with Crippen LogP contribution >= 0.6 is 0 Å². The molecular formula is C32H43NO4Si. The first kappa shape index (κ1) is 24.0. The molecule has 3 aromatic carbocycles. The summed E-state index contributed by atoms with van der Waals surface area (Å²) in [6.45, 7) is 12.9. The fourth-order valence-electron chi connectivity index (χ4n) is 3.70. The predicted octanol–water partition coefficient (Wildman–Crippen LogP) is 7.49. The highest BCUT2D eigenvalue weighted by atomic mass is 28.4. The fourth-order valence-corrected chi connectivity index (χ4v) is 4.62. The molecule has 3 rings (SSSR count). The maximum atomic E-state index is 13.2. The van der Waals surface area contributed by atoms with Crippen LogP contribution in [0, 0.1) is 0 Å². The van der Waals surface area contributed by atoms with Crippen molar-refractivity contribution in [2.45, 2.75) is 71.3 Å². The number of hydrogen-bond donors (Lipinski definition) is 1. The number of carbonyl (C=O) groups excluding carboxylic acids is 1. The van der Waals surface area contributed by atoms with E-state index < -0.39 is 8.32 Å². The predicted molar refractivity (Wildman–Crippen MR) is 158 cm³/mol. The Balaban J connectivity index is 1.85. The van der Waals surface area contributed by atoms with Gasteiger partial charge in [-0.3, -0.25) is 9.69 Å². The van der Waals surface area contributed by atoms with Crippen LogP contribution in [-0.2, 0) is 13.0 Å². The van der Waals surface area contributed by atoms with Crippen LogP contribution in [0.4, 0.5) is 0 Å². The van der Waals surface area contributed by atoms with Gasteiger partial charge in [-0.25, -0.2) is 0 Å². The minimum atomic E-state index is -2.38. The quantitative estimate of drug-likeness (QED) is 0.192. The molecule has 0 radical (unpaired) electrons. The molecule has 204 valence electrons. The summed E-state index contributed by atoms with van der Waals surface area (Å²) < 4.78 is 46.2. The van der Waals surface area contributed by atoms with Crippen molar-refractivity contribution >= 4 is 14.1 Å². The molecule has 3 aromatic rings. The topological polar surface area (TPSA) is 59.0 Å². The van der Waals surface area contributed by atoms with E-state index in [1.807, 2.05) is 49.2 Å². The van der Waals surface area contributed by atoms with E-state index in [1.165, 1.54) is 12.1 Å². The third-order valence-corrected chi connectivity index (χ3v) is 11.7. The van der Waals surface area contributed by atoms with Gasteiger partial charge in [0.15, 0.2) is 5.78 Å². The van der Waals surface area contributed by atoms with Gasteiger partial charge in [0, 0.05) is 18.2 Å². The summed E-state index contributed by atoms with van der Waals surface area (Å²) in [5, 5.41) is 9.46. The molecule has 0 fully saturated rings. The Morgan fingerprint density at radius 3 is 2.13 bits per heavy atom. The number of rotatable bonds is 12. The lowest BCUT2D eigenvalue weighted by Gasteiger charge is -2.36. The maximum Gasteiger partial charge on any atom is 0.250 e. The van der Waals surface area contributed by atoms with Crippen LogP contribution in [0.1, 0.15) is 61.1 Å². The summed E-state index contributed by atoms with van der Waals surface area (Å²) in [4.78, 5) is 15.2. The summed E-state index contributed by atoms with van der Waals surface area (Å²) in [7, 11) is -0.772. The average molecular weight is 538 g/mol. The Kier molecular flexibility index (Phi) is 7.97. The van der Waals surface area contributed by atoms with Crippen LogP contribution in [0.25, 0.3) is 0 Å². The normalized spacial score (nSPS) is 14.3. The summed E-state index contributed by atoms with van der Waals surface area (Å²) in [5.41, 5.74) is 1.84. The molecule has 1 atom stereocenters. The first-order valence-corrected chi connectivity index (χ1v) is 15.9. The monoisotopic (exact) mass is 537 g/mol. The zero-order chi connectivity index (χ0) is 31.4. The van der Waals surface area contributed by atoms with Gasteiger partial charge in [-0.2, -0.15) is 0 Å². The summed E-state index contributed by atoms with van der Waals surface area (Å²) in [6.07, 6.45) is 0.821. The lowest BCUT2D eigenvalue weighted by molar-refractivity contribution is 0.0884. The van der Waals surface area contributed by atoms with Crippen LogP contribution in [-0.4, -0.2) is 43.8 Å². The van der Waals surface area contributed by atoms with Crippen molar-refractivity contribution in [1.82, 2.24) is 4.90 Å². The van der Waals surface area contributed by atoms with E-state index in [0.29, 0.717) is 30.5 Å². The lowest BCUT2D eigenvalue weighted by Crippen LogP contribution is -2.43. The molecule has 0 heterocycles. The van der Waals surface area contributed by atoms with Gasteiger partial charge in [-0.15, -0.1) is 0 Å². The zero-order valence-corrected chi connectivity index (χ0v) is 24.6. The van der Waals surface area contributed by atoms with Crippen molar-refractivity contribution < 1.29 is 24.5 Å². The van der Waals surface area contributed by atoms with Crippen molar-refractivity contribution in [2.24, 2.45) is 0 Å². The number of nitrogens with zero attached hydrogens (tertiary/aromatic N) is 1. The summed E-state index contributed by atoms with van der Waals surface area (Å²) in [5.74, 6) is 0.763. The number of aromatic hydroxyl groups is 1. The van der Waals surface area contributed by atoms with Gasteiger partial charge in [0.2, 0.25) is 8.32 Å². The van der Waals surface area contributed by atoms with Crippen LogP contribution in [0.5, 0.6) is 17.2 Å². The van der Waals surface area contributed by atoms with E-state index in [9.17, 15) is 9.90 Å². The van der Waals surface area contributed by atoms with Crippen molar-refractivity contribution in [3.63, 3.8) is 0 Å². The van der Waals surface area contributed by atoms with Crippen LogP contribution in [0.15, 0.2) is 72.7 Å². The molecule has 0 aliphatic carbocycles. The highest BCUT2D eigenvalue weighted by molar-refractivity contribution is 6.74. The van der Waals surface area contributed by atoms with Crippen molar-refractivity contribution in [2.75, 3.05) is 13.7 Å². The first-order chi connectivity index (χ1) is 19.6. The van der Waals surface area contributed by atoms with Crippen molar-refractivity contribution in [3.05, 3.63) is 89.4 Å². The Morgan fingerprint density at radius 1 is 0.974 bits per heavy atom. The van der Waals surface area contributed by atoms with Gasteiger partial charge in [-0.1, -0.05) is 45.0 Å². The number of Topliss-reactive ketones (excluding diaryl/α,β-unsaturated/α-hetero) is 1. The summed E-state index contributed by atoms with van der Waals surface area (Å²) in [6, 6.07) is 13.2. The molecule has 0 saturated carbocycles. The van der Waals surface area contributed by atoms with Gasteiger partial charge in [-0.05, 0) is 97.5 Å². The standard InChI is InChI=1S/C32H43NO4Si/c1-24(8-9-25-10-20-30(21-11-25)37-38(6,7)32(2,3)4)33(22-26-12-18-29(36-5)19-13-26)23-31(35)27-14-16-28(34)17-15-27/h10-21,24,34H,8-9,22-23H2,1-7H3/i10D,11D,20D,21D. The van der Waals surface area contributed by atoms with Crippen molar-refractivity contribution in [3.8, 4) is 17.2 Å². The molecule has 0 aromatic heterocycles. The highest BCUT2D eigenvalue weighted by Crippen LogP contribution is 2.37. The van der Waals surface area contributed by atoms with E-state index in [0.717, 1.165) is 11.3 Å². The molecule has 0 aliphatic rings. The average Bonchev–Trinajstić information content (AvgIpc) is 2.93. The molecule has 0 spiro atoms. The molecule has 6 heteroatoms. The van der Waals surface area contributed by atoms with E-state index >= 15 is 0 Å². The van der Waals surface area contributed by atoms with E-state index in [4.69, 9.17) is 14.6 Å². The minimum absolute atomic E-state index is 0.0222. The number of phenols is 1. The number of hydrogen-bond acceptors (Lipinski definition) is 5. The molecule has 5 nitrogen and oxygen atoms in total. The second kappa shape index (κ2) is 12.6.